The monoisotopic (exact) mass is 472 g/mol. The number of carbonyl (C=O) groups excluding carboxylic acids is 2. The van der Waals surface area contributed by atoms with Crippen LogP contribution in [0.25, 0.3) is 0 Å². The largest absolute Gasteiger partial charge is 0.481 e. The molecule has 0 heterocycles. The van der Waals surface area contributed by atoms with Crippen molar-refractivity contribution in [3.8, 4) is 0 Å². The maximum atomic E-state index is 10.7. The standard InChI is InChI=1S/C6H10O4S.2C4H7O2.Sn/c7-5(8)1-3-11-4-2-6(9)10;2*1-3-4(5)6-2;/h1-4H2,(H,7,8)(H,9,10);2*1,3H2,2H3;. The Hall–Kier alpha value is -0.971. The molecule has 0 amide bonds. The Balaban J connectivity index is 0. The SMILES string of the molecule is COC(=O)C[CH2][Sn][CH2]CC(=O)OC.O=C(O)CCSCCC(=O)O. The van der Waals surface area contributed by atoms with Gasteiger partial charge in [-0.05, 0) is 0 Å². The van der Waals surface area contributed by atoms with Gasteiger partial charge >= 0.3 is 100 Å². The van der Waals surface area contributed by atoms with Crippen LogP contribution in [0.3, 0.4) is 0 Å². The maximum Gasteiger partial charge on any atom is 0.304 e. The first-order chi connectivity index (χ1) is 11.3. The number of rotatable bonds is 12. The van der Waals surface area contributed by atoms with Crippen molar-refractivity contribution in [2.75, 3.05) is 25.7 Å². The molecule has 0 aromatic carbocycles. The van der Waals surface area contributed by atoms with E-state index in [9.17, 15) is 19.2 Å². The molecule has 10 heteroatoms. The maximum absolute atomic E-state index is 10.7. The molecule has 0 aromatic rings. The summed E-state index contributed by atoms with van der Waals surface area (Å²) in [4.78, 5) is 41.3. The Kier molecular flexibility index (Phi) is 19.3. The quantitative estimate of drug-likeness (QED) is 0.246. The van der Waals surface area contributed by atoms with Crippen molar-refractivity contribution in [2.45, 2.75) is 34.6 Å². The number of carboxylic acid groups (broad SMARTS) is 2. The van der Waals surface area contributed by atoms with Gasteiger partial charge in [0.15, 0.2) is 0 Å². The average Bonchev–Trinajstić information content (AvgIpc) is 2.53. The average molecular weight is 471 g/mol. The van der Waals surface area contributed by atoms with Crippen molar-refractivity contribution >= 4 is 56.8 Å². The summed E-state index contributed by atoms with van der Waals surface area (Å²) in [5, 5.41) is 16.4. The van der Waals surface area contributed by atoms with Gasteiger partial charge in [0.05, 0.1) is 12.8 Å². The van der Waals surface area contributed by atoms with Crippen LogP contribution in [0.15, 0.2) is 0 Å². The van der Waals surface area contributed by atoms with E-state index in [4.69, 9.17) is 10.2 Å². The zero-order chi connectivity index (χ0) is 18.8. The second-order valence-electron chi connectivity index (χ2n) is 4.30. The van der Waals surface area contributed by atoms with Crippen LogP contribution in [0.5, 0.6) is 0 Å². The van der Waals surface area contributed by atoms with E-state index < -0.39 is 33.1 Å². The molecule has 0 saturated carbocycles. The summed E-state index contributed by atoms with van der Waals surface area (Å²) in [6.45, 7) is 0. The molecule has 2 radical (unpaired) electrons. The van der Waals surface area contributed by atoms with Gasteiger partial charge in [-0.25, -0.2) is 0 Å². The molecule has 0 aliphatic heterocycles. The summed E-state index contributed by atoms with van der Waals surface area (Å²) >= 11 is 0.797. The molecule has 0 aromatic heterocycles. The fourth-order valence-electron chi connectivity index (χ4n) is 1.13. The normalized spacial score (nSPS) is 9.42. The van der Waals surface area contributed by atoms with Gasteiger partial charge in [-0.15, -0.1) is 0 Å². The van der Waals surface area contributed by atoms with Gasteiger partial charge < -0.3 is 10.2 Å². The van der Waals surface area contributed by atoms with Gasteiger partial charge in [-0.1, -0.05) is 0 Å². The number of carbonyl (C=O) groups is 4. The van der Waals surface area contributed by atoms with Crippen LogP contribution in [0, 0.1) is 0 Å². The molecule has 0 bridgehead atoms. The summed E-state index contributed by atoms with van der Waals surface area (Å²) in [7, 11) is 2.78. The molecule has 0 atom stereocenters. The fourth-order valence-corrected chi connectivity index (χ4v) is 4.86. The van der Waals surface area contributed by atoms with Crippen molar-refractivity contribution in [2.24, 2.45) is 0 Å². The second-order valence-corrected chi connectivity index (χ2v) is 9.81. The van der Waals surface area contributed by atoms with E-state index in [1.54, 1.807) is 0 Å². The van der Waals surface area contributed by atoms with Crippen molar-refractivity contribution in [1.82, 2.24) is 0 Å². The van der Waals surface area contributed by atoms with E-state index in [2.05, 4.69) is 9.47 Å². The van der Waals surface area contributed by atoms with Crippen LogP contribution >= 0.6 is 11.8 Å². The molecule has 0 saturated heterocycles. The number of hydrogen-bond donors (Lipinski definition) is 2. The first-order valence-corrected chi connectivity index (χ1v) is 12.4. The zero-order valence-electron chi connectivity index (χ0n) is 13.9. The van der Waals surface area contributed by atoms with Crippen LogP contribution < -0.4 is 0 Å². The number of hydrogen-bond acceptors (Lipinski definition) is 7. The van der Waals surface area contributed by atoms with Crippen LogP contribution in [0.1, 0.15) is 25.7 Å². The minimum atomic E-state index is -0.840. The number of thioether (sulfide) groups is 1. The molecule has 0 aliphatic carbocycles. The third-order valence-corrected chi connectivity index (χ3v) is 6.82. The molecule has 0 unspecified atom stereocenters. The Bertz CT molecular complexity index is 355. The van der Waals surface area contributed by atoms with Gasteiger partial charge in [0.1, 0.15) is 0 Å². The van der Waals surface area contributed by atoms with Gasteiger partial charge in [-0.2, -0.15) is 11.8 Å². The molecule has 0 rings (SSSR count). The number of esters is 2. The van der Waals surface area contributed by atoms with Crippen molar-refractivity contribution in [3.05, 3.63) is 0 Å². The molecular formula is C14H24O8SSn. The van der Waals surface area contributed by atoms with E-state index in [0.29, 0.717) is 24.3 Å². The van der Waals surface area contributed by atoms with Gasteiger partial charge in [0, 0.05) is 11.5 Å². The van der Waals surface area contributed by atoms with Crippen molar-refractivity contribution in [3.63, 3.8) is 0 Å². The molecule has 2 N–H and O–H groups in total. The molecule has 0 spiro atoms. The summed E-state index contributed by atoms with van der Waals surface area (Å²) < 4.78 is 10.9. The predicted octanol–water partition coefficient (Wildman–Crippen LogP) is 1.32. The predicted molar refractivity (Wildman–Crippen MR) is 90.5 cm³/mol. The van der Waals surface area contributed by atoms with E-state index in [0.717, 1.165) is 8.87 Å². The molecule has 0 aliphatic rings. The van der Waals surface area contributed by atoms with Crippen LogP contribution in [0.2, 0.25) is 8.87 Å². The van der Waals surface area contributed by atoms with Gasteiger partial charge in [0.25, 0.3) is 0 Å². The van der Waals surface area contributed by atoms with Gasteiger partial charge in [-0.3, -0.25) is 9.59 Å². The molecular weight excluding hydrogens is 447 g/mol. The minimum Gasteiger partial charge on any atom is -0.481 e. The minimum absolute atomic E-state index is 0.101. The molecule has 8 nitrogen and oxygen atoms in total. The Labute approximate surface area is 155 Å². The topological polar surface area (TPSA) is 127 Å². The summed E-state index contributed by atoms with van der Waals surface area (Å²) in [5.41, 5.74) is 0. The second kappa shape index (κ2) is 18.4. The van der Waals surface area contributed by atoms with E-state index in [1.165, 1.54) is 26.0 Å². The molecule has 24 heavy (non-hydrogen) atoms. The first-order valence-electron chi connectivity index (χ1n) is 7.19. The Morgan fingerprint density at radius 1 is 0.792 bits per heavy atom. The zero-order valence-corrected chi connectivity index (χ0v) is 17.6. The number of carboxylic acids is 2. The number of ether oxygens (including phenoxy) is 2. The van der Waals surface area contributed by atoms with Crippen LogP contribution in [-0.4, -0.2) is 81.0 Å². The number of aliphatic carboxylic acids is 2. The summed E-state index contributed by atoms with van der Waals surface area (Å²) in [5.74, 6) is -1.01. The molecule has 0 fully saturated rings. The Morgan fingerprint density at radius 3 is 1.46 bits per heavy atom. The summed E-state index contributed by atoms with van der Waals surface area (Å²) in [6, 6.07) is 0. The summed E-state index contributed by atoms with van der Waals surface area (Å²) in [6.07, 6.45) is 1.21. The number of methoxy groups -OCH3 is 2. The smallest absolute Gasteiger partial charge is 0.304 e. The van der Waals surface area contributed by atoms with E-state index in [-0.39, 0.29) is 24.8 Å². The van der Waals surface area contributed by atoms with Gasteiger partial charge in [0.2, 0.25) is 0 Å². The van der Waals surface area contributed by atoms with Crippen molar-refractivity contribution in [1.29, 1.82) is 0 Å². The fraction of sp³-hybridized carbons (Fsp3) is 0.714. The van der Waals surface area contributed by atoms with Crippen molar-refractivity contribution < 1.29 is 38.9 Å². The van der Waals surface area contributed by atoms with Crippen LogP contribution in [0.4, 0.5) is 0 Å². The van der Waals surface area contributed by atoms with E-state index in [1.807, 2.05) is 0 Å². The third-order valence-electron chi connectivity index (χ3n) is 2.39. The first kappa shape index (κ1) is 25.3. The third kappa shape index (κ3) is 23.3. The molecule has 138 valence electrons. The van der Waals surface area contributed by atoms with E-state index >= 15 is 0 Å². The van der Waals surface area contributed by atoms with Crippen LogP contribution in [-0.2, 0) is 28.7 Å². The Morgan fingerprint density at radius 2 is 1.17 bits per heavy atom.